The molecule has 0 heterocycles. The molecule has 0 bridgehead atoms. The van der Waals surface area contributed by atoms with Crippen LogP contribution in [0.4, 0.5) is 4.79 Å². The quantitative estimate of drug-likeness (QED) is 0.502. The number of ether oxygens (including phenoxy) is 3. The molecule has 0 aliphatic rings. The van der Waals surface area contributed by atoms with Crippen LogP contribution in [-0.4, -0.2) is 43.8 Å². The molecule has 0 aromatic heterocycles. The van der Waals surface area contributed by atoms with E-state index in [9.17, 15) is 14.4 Å². The molecular formula is C19H25ClN2O6. The highest BCUT2D eigenvalue weighted by molar-refractivity contribution is 6.32. The van der Waals surface area contributed by atoms with E-state index in [1.54, 1.807) is 26.0 Å². The van der Waals surface area contributed by atoms with E-state index < -0.39 is 24.0 Å². The number of halogens is 1. The van der Waals surface area contributed by atoms with Crippen LogP contribution >= 0.6 is 11.6 Å². The molecule has 0 unspecified atom stereocenters. The summed E-state index contributed by atoms with van der Waals surface area (Å²) < 4.78 is 15.6. The standard InChI is InChI=1S/C19H25ClN2O6/c1-6-27-17-14(20)9-13(10-15(17)26-5)7-8-16(23)28-12(4)18(24)22-19(25)21-11(2)3/h7-12H,6H2,1-5H3,(H2,21,22,24,25)/b8-7+/t12-/m0/s1. The van der Waals surface area contributed by atoms with Crippen LogP contribution in [0.2, 0.25) is 5.02 Å². The number of benzene rings is 1. The summed E-state index contributed by atoms with van der Waals surface area (Å²) in [5.41, 5.74) is 0.579. The lowest BCUT2D eigenvalue weighted by Gasteiger charge is -2.13. The van der Waals surface area contributed by atoms with Gasteiger partial charge in [0.15, 0.2) is 17.6 Å². The smallest absolute Gasteiger partial charge is 0.331 e. The highest BCUT2D eigenvalue weighted by Gasteiger charge is 2.19. The Hall–Kier alpha value is -2.74. The number of hydrogen-bond donors (Lipinski definition) is 2. The van der Waals surface area contributed by atoms with Gasteiger partial charge < -0.3 is 19.5 Å². The first kappa shape index (κ1) is 23.3. The van der Waals surface area contributed by atoms with E-state index in [0.29, 0.717) is 28.7 Å². The number of hydrogen-bond acceptors (Lipinski definition) is 6. The van der Waals surface area contributed by atoms with Crippen molar-refractivity contribution >= 4 is 35.6 Å². The molecule has 154 valence electrons. The van der Waals surface area contributed by atoms with Crippen LogP contribution < -0.4 is 20.1 Å². The molecule has 1 atom stereocenters. The summed E-state index contributed by atoms with van der Waals surface area (Å²) in [6.45, 7) is 7.11. The third-order valence-electron chi connectivity index (χ3n) is 3.27. The summed E-state index contributed by atoms with van der Waals surface area (Å²) in [4.78, 5) is 35.3. The zero-order valence-corrected chi connectivity index (χ0v) is 17.3. The predicted octanol–water partition coefficient (Wildman–Crippen LogP) is 2.93. The topological polar surface area (TPSA) is 103 Å². The highest BCUT2D eigenvalue weighted by atomic mass is 35.5. The molecule has 1 aromatic rings. The molecule has 28 heavy (non-hydrogen) atoms. The zero-order valence-electron chi connectivity index (χ0n) is 16.5. The van der Waals surface area contributed by atoms with E-state index in [4.69, 9.17) is 25.8 Å². The third-order valence-corrected chi connectivity index (χ3v) is 3.55. The fourth-order valence-electron chi connectivity index (χ4n) is 2.06. The van der Waals surface area contributed by atoms with Crippen molar-refractivity contribution in [1.82, 2.24) is 10.6 Å². The van der Waals surface area contributed by atoms with Gasteiger partial charge in [0.1, 0.15) is 0 Å². The van der Waals surface area contributed by atoms with Crippen LogP contribution in [0.5, 0.6) is 11.5 Å². The predicted molar refractivity (Wildman–Crippen MR) is 106 cm³/mol. The summed E-state index contributed by atoms with van der Waals surface area (Å²) >= 11 is 6.17. The zero-order chi connectivity index (χ0) is 21.3. The molecule has 0 aliphatic heterocycles. The first-order valence-corrected chi connectivity index (χ1v) is 9.06. The van der Waals surface area contributed by atoms with Crippen molar-refractivity contribution in [3.63, 3.8) is 0 Å². The highest BCUT2D eigenvalue weighted by Crippen LogP contribution is 2.36. The molecule has 0 saturated carbocycles. The number of carbonyl (C=O) groups is 3. The number of esters is 1. The summed E-state index contributed by atoms with van der Waals surface area (Å²) in [6.07, 6.45) is 1.46. The van der Waals surface area contributed by atoms with Crippen LogP contribution in [0, 0.1) is 0 Å². The first-order valence-electron chi connectivity index (χ1n) is 8.68. The minimum absolute atomic E-state index is 0.133. The average molecular weight is 413 g/mol. The molecule has 1 rings (SSSR count). The Balaban J connectivity index is 2.72. The van der Waals surface area contributed by atoms with E-state index in [2.05, 4.69) is 10.6 Å². The van der Waals surface area contributed by atoms with Crippen LogP contribution in [0.1, 0.15) is 33.3 Å². The second-order valence-electron chi connectivity index (χ2n) is 6.00. The van der Waals surface area contributed by atoms with Gasteiger partial charge >= 0.3 is 12.0 Å². The summed E-state index contributed by atoms with van der Waals surface area (Å²) in [5.74, 6) is -0.649. The lowest BCUT2D eigenvalue weighted by Crippen LogP contribution is -2.46. The largest absolute Gasteiger partial charge is 0.493 e. The lowest BCUT2D eigenvalue weighted by atomic mass is 10.2. The van der Waals surface area contributed by atoms with Crippen molar-refractivity contribution in [2.75, 3.05) is 13.7 Å². The number of urea groups is 1. The minimum atomic E-state index is -1.14. The fraction of sp³-hybridized carbons (Fsp3) is 0.421. The van der Waals surface area contributed by atoms with Gasteiger partial charge in [-0.3, -0.25) is 10.1 Å². The van der Waals surface area contributed by atoms with Crippen molar-refractivity contribution in [2.45, 2.75) is 39.8 Å². The van der Waals surface area contributed by atoms with Crippen molar-refractivity contribution in [1.29, 1.82) is 0 Å². The summed E-state index contributed by atoms with van der Waals surface area (Å²) in [7, 11) is 1.48. The molecule has 0 spiro atoms. The normalized spacial score (nSPS) is 11.8. The number of rotatable bonds is 8. The van der Waals surface area contributed by atoms with Crippen molar-refractivity contribution in [3.05, 3.63) is 28.8 Å². The second-order valence-corrected chi connectivity index (χ2v) is 6.40. The Morgan fingerprint density at radius 2 is 1.89 bits per heavy atom. The molecule has 8 nitrogen and oxygen atoms in total. The SMILES string of the molecule is CCOc1c(Cl)cc(/C=C/C(=O)O[C@@H](C)C(=O)NC(=O)NC(C)C)cc1OC. The van der Waals surface area contributed by atoms with Gasteiger partial charge in [-0.15, -0.1) is 0 Å². The van der Waals surface area contributed by atoms with Gasteiger partial charge in [0.2, 0.25) is 0 Å². The van der Waals surface area contributed by atoms with Crippen LogP contribution in [0.15, 0.2) is 18.2 Å². The van der Waals surface area contributed by atoms with Crippen LogP contribution in [0.25, 0.3) is 6.08 Å². The third kappa shape index (κ3) is 7.48. The lowest BCUT2D eigenvalue weighted by molar-refractivity contribution is -0.149. The van der Waals surface area contributed by atoms with Crippen LogP contribution in [0.3, 0.4) is 0 Å². The Kier molecular flexibility index (Phi) is 9.31. The second kappa shape index (κ2) is 11.2. The Morgan fingerprint density at radius 1 is 1.21 bits per heavy atom. The van der Waals surface area contributed by atoms with Gasteiger partial charge in [-0.25, -0.2) is 9.59 Å². The molecule has 0 fully saturated rings. The van der Waals surface area contributed by atoms with Gasteiger partial charge in [0.25, 0.3) is 5.91 Å². The monoisotopic (exact) mass is 412 g/mol. The van der Waals surface area contributed by atoms with Gasteiger partial charge in [0.05, 0.1) is 18.7 Å². The Bertz CT molecular complexity index is 748. The van der Waals surface area contributed by atoms with Gasteiger partial charge in [-0.2, -0.15) is 0 Å². The van der Waals surface area contributed by atoms with E-state index in [1.165, 1.54) is 20.1 Å². The summed E-state index contributed by atoms with van der Waals surface area (Å²) in [5, 5.41) is 4.92. The minimum Gasteiger partial charge on any atom is -0.493 e. The number of imide groups is 1. The van der Waals surface area contributed by atoms with Crippen molar-refractivity contribution < 1.29 is 28.6 Å². The van der Waals surface area contributed by atoms with Gasteiger partial charge in [0, 0.05) is 12.1 Å². The van der Waals surface area contributed by atoms with Gasteiger partial charge in [-0.1, -0.05) is 11.6 Å². The maximum absolute atomic E-state index is 11.9. The fourth-order valence-corrected chi connectivity index (χ4v) is 2.34. The molecular weight excluding hydrogens is 388 g/mol. The molecule has 0 aliphatic carbocycles. The van der Waals surface area contributed by atoms with Crippen LogP contribution in [-0.2, 0) is 14.3 Å². The maximum Gasteiger partial charge on any atom is 0.331 e. The molecule has 3 amide bonds. The van der Waals surface area contributed by atoms with E-state index in [1.807, 2.05) is 6.92 Å². The molecule has 0 saturated heterocycles. The Morgan fingerprint density at radius 3 is 2.46 bits per heavy atom. The number of carbonyl (C=O) groups excluding carboxylic acids is 3. The van der Waals surface area contributed by atoms with Crippen molar-refractivity contribution in [2.24, 2.45) is 0 Å². The van der Waals surface area contributed by atoms with E-state index in [0.717, 1.165) is 6.08 Å². The maximum atomic E-state index is 11.9. The number of amides is 3. The molecule has 0 radical (unpaired) electrons. The van der Waals surface area contributed by atoms with Gasteiger partial charge in [-0.05, 0) is 51.5 Å². The summed E-state index contributed by atoms with van der Waals surface area (Å²) in [6, 6.07) is 2.46. The number of methoxy groups -OCH3 is 1. The average Bonchev–Trinajstić information content (AvgIpc) is 2.60. The number of nitrogens with one attached hydrogen (secondary N) is 2. The van der Waals surface area contributed by atoms with E-state index >= 15 is 0 Å². The molecule has 2 N–H and O–H groups in total. The first-order chi connectivity index (χ1) is 13.2. The van der Waals surface area contributed by atoms with Crippen molar-refractivity contribution in [3.8, 4) is 11.5 Å². The van der Waals surface area contributed by atoms with E-state index in [-0.39, 0.29) is 6.04 Å². The molecule has 9 heteroatoms. The Labute approximate surface area is 169 Å². The molecule has 1 aromatic carbocycles.